The minimum atomic E-state index is 0.00844. The highest BCUT2D eigenvalue weighted by Gasteiger charge is 2.47. The van der Waals surface area contributed by atoms with Gasteiger partial charge in [-0.05, 0) is 26.2 Å². The lowest BCUT2D eigenvalue weighted by Gasteiger charge is -2.50. The van der Waals surface area contributed by atoms with Crippen LogP contribution in [0.5, 0.6) is 0 Å². The first-order valence-electron chi connectivity index (χ1n) is 4.99. The summed E-state index contributed by atoms with van der Waals surface area (Å²) in [4.78, 5) is 0. The quantitative estimate of drug-likeness (QED) is 0.456. The van der Waals surface area contributed by atoms with Crippen LogP contribution in [0.25, 0.3) is 0 Å². The Balaban J connectivity index is 2.95. The molecule has 0 saturated heterocycles. The zero-order chi connectivity index (χ0) is 10.1. The van der Waals surface area contributed by atoms with Crippen molar-refractivity contribution in [3.05, 3.63) is 0 Å². The maximum absolute atomic E-state index is 5.77. The second kappa shape index (κ2) is 3.47. The minimum absolute atomic E-state index is 0.00844. The molecule has 1 saturated carbocycles. The van der Waals surface area contributed by atoms with Crippen molar-refractivity contribution in [2.24, 2.45) is 11.3 Å². The van der Waals surface area contributed by atoms with E-state index in [2.05, 4.69) is 26.7 Å². The van der Waals surface area contributed by atoms with Gasteiger partial charge >= 0.3 is 0 Å². The van der Waals surface area contributed by atoms with Gasteiger partial charge in [0.15, 0.2) is 0 Å². The van der Waals surface area contributed by atoms with Crippen LogP contribution in [-0.2, 0) is 4.43 Å². The molecule has 0 amide bonds. The highest BCUT2D eigenvalue weighted by Crippen LogP contribution is 2.48. The average molecular weight is 196 g/mol. The Hall–Kier alpha value is -0.263. The van der Waals surface area contributed by atoms with E-state index < -0.39 is 0 Å². The molecule has 1 rings (SSSR count). The Labute approximate surface area is 84.8 Å². The fraction of sp³-hybridized carbons (Fsp3) is 0.818. The largest absolute Gasteiger partial charge is 0.422 e. The molecule has 2 atom stereocenters. The number of hydrogen-bond donors (Lipinski definition) is 0. The van der Waals surface area contributed by atoms with E-state index in [0.29, 0.717) is 5.92 Å². The van der Waals surface area contributed by atoms with E-state index in [4.69, 9.17) is 10.8 Å². The Morgan fingerprint density at radius 3 is 2.54 bits per heavy atom. The molecule has 0 radical (unpaired) electrons. The monoisotopic (exact) mass is 196 g/mol. The van der Waals surface area contributed by atoms with Gasteiger partial charge in [0, 0.05) is 11.3 Å². The summed E-state index contributed by atoms with van der Waals surface area (Å²) in [5, 5.41) is 0. The molecule has 0 heterocycles. The summed E-state index contributed by atoms with van der Waals surface area (Å²) in [5.41, 5.74) is 0.135. The standard InChI is InChI=1S/C11H20OSi/c1-5-9-7-6-8-11(4,12-13)10(9,2)3/h1,9H,6-8H2,2-4,13H3. The predicted molar refractivity (Wildman–Crippen MR) is 59.4 cm³/mol. The fourth-order valence-corrected chi connectivity index (χ4v) is 3.08. The van der Waals surface area contributed by atoms with Gasteiger partial charge in [-0.3, -0.25) is 0 Å². The molecule has 0 spiro atoms. The topological polar surface area (TPSA) is 9.23 Å². The fourth-order valence-electron chi connectivity index (χ4n) is 2.35. The van der Waals surface area contributed by atoms with Crippen molar-refractivity contribution >= 4 is 10.5 Å². The third kappa shape index (κ3) is 1.56. The van der Waals surface area contributed by atoms with Crippen LogP contribution in [0.2, 0.25) is 0 Å². The maximum Gasteiger partial charge on any atom is 0.146 e. The normalized spacial score (nSPS) is 38.5. The van der Waals surface area contributed by atoms with E-state index in [0.717, 1.165) is 23.3 Å². The van der Waals surface area contributed by atoms with Crippen LogP contribution in [0.3, 0.4) is 0 Å². The zero-order valence-corrected chi connectivity index (χ0v) is 11.2. The molecule has 13 heavy (non-hydrogen) atoms. The minimum Gasteiger partial charge on any atom is -0.422 e. The van der Waals surface area contributed by atoms with Gasteiger partial charge in [0.05, 0.1) is 5.60 Å². The van der Waals surface area contributed by atoms with Crippen molar-refractivity contribution in [2.75, 3.05) is 0 Å². The first-order chi connectivity index (χ1) is 5.98. The average Bonchev–Trinajstić information content (AvgIpc) is 2.10. The molecule has 0 aromatic heterocycles. The number of hydrogen-bond acceptors (Lipinski definition) is 1. The third-order valence-electron chi connectivity index (χ3n) is 4.03. The van der Waals surface area contributed by atoms with E-state index in [1.807, 2.05) is 0 Å². The van der Waals surface area contributed by atoms with Crippen LogP contribution in [0.1, 0.15) is 40.0 Å². The van der Waals surface area contributed by atoms with E-state index in [1.165, 1.54) is 6.42 Å². The molecule has 0 aromatic carbocycles. The Bertz CT molecular complexity index is 229. The number of rotatable bonds is 1. The van der Waals surface area contributed by atoms with E-state index in [9.17, 15) is 0 Å². The molecular formula is C11H20OSi. The Morgan fingerprint density at radius 2 is 2.08 bits per heavy atom. The first-order valence-corrected chi connectivity index (χ1v) is 5.81. The Morgan fingerprint density at radius 1 is 1.46 bits per heavy atom. The molecular weight excluding hydrogens is 176 g/mol. The molecule has 1 aliphatic rings. The van der Waals surface area contributed by atoms with E-state index in [1.54, 1.807) is 0 Å². The highest BCUT2D eigenvalue weighted by molar-refractivity contribution is 5.98. The molecule has 1 aliphatic carbocycles. The van der Waals surface area contributed by atoms with Crippen LogP contribution in [-0.4, -0.2) is 16.1 Å². The van der Waals surface area contributed by atoms with Gasteiger partial charge in [-0.1, -0.05) is 13.8 Å². The first kappa shape index (κ1) is 10.8. The van der Waals surface area contributed by atoms with Crippen LogP contribution in [0, 0.1) is 23.7 Å². The van der Waals surface area contributed by atoms with Crippen LogP contribution < -0.4 is 0 Å². The Kier molecular flexibility index (Phi) is 2.89. The van der Waals surface area contributed by atoms with Crippen molar-refractivity contribution in [1.29, 1.82) is 0 Å². The molecule has 0 bridgehead atoms. The molecule has 0 N–H and O–H groups in total. The summed E-state index contributed by atoms with van der Waals surface area (Å²) in [5.74, 6) is 3.29. The lowest BCUT2D eigenvalue weighted by molar-refractivity contribution is -0.0750. The van der Waals surface area contributed by atoms with Gasteiger partial charge in [-0.2, -0.15) is 0 Å². The van der Waals surface area contributed by atoms with Gasteiger partial charge in [0.1, 0.15) is 10.5 Å². The van der Waals surface area contributed by atoms with Crippen LogP contribution in [0.4, 0.5) is 0 Å². The van der Waals surface area contributed by atoms with Gasteiger partial charge in [0.2, 0.25) is 0 Å². The van der Waals surface area contributed by atoms with E-state index in [-0.39, 0.29) is 11.0 Å². The van der Waals surface area contributed by atoms with Gasteiger partial charge in [-0.15, -0.1) is 12.3 Å². The second-order valence-corrected chi connectivity index (χ2v) is 5.18. The third-order valence-corrected chi connectivity index (χ3v) is 4.93. The lowest BCUT2D eigenvalue weighted by atomic mass is 9.60. The van der Waals surface area contributed by atoms with Crippen molar-refractivity contribution in [2.45, 2.75) is 45.6 Å². The summed E-state index contributed by atoms with van der Waals surface area (Å²) in [7, 11) is 0.801. The predicted octanol–water partition coefficient (Wildman–Crippen LogP) is 1.50. The van der Waals surface area contributed by atoms with Crippen molar-refractivity contribution in [3.63, 3.8) is 0 Å². The summed E-state index contributed by atoms with van der Waals surface area (Å²) in [6.45, 7) is 6.70. The summed E-state index contributed by atoms with van der Waals surface area (Å²) in [6, 6.07) is 0. The van der Waals surface area contributed by atoms with Gasteiger partial charge in [0.25, 0.3) is 0 Å². The van der Waals surface area contributed by atoms with E-state index >= 15 is 0 Å². The SMILES string of the molecule is C#CC1CCCC(C)(O[SiH3])C1(C)C. The van der Waals surface area contributed by atoms with Gasteiger partial charge < -0.3 is 4.43 Å². The molecule has 2 unspecified atom stereocenters. The lowest BCUT2D eigenvalue weighted by Crippen LogP contribution is -2.50. The molecule has 1 nitrogen and oxygen atoms in total. The number of terminal acetylenes is 1. The summed E-state index contributed by atoms with van der Waals surface area (Å²) < 4.78 is 5.77. The van der Waals surface area contributed by atoms with Crippen LogP contribution in [0.15, 0.2) is 0 Å². The summed E-state index contributed by atoms with van der Waals surface area (Å²) in [6.07, 6.45) is 9.08. The molecule has 2 heteroatoms. The molecule has 1 fully saturated rings. The molecule has 0 aliphatic heterocycles. The zero-order valence-electron chi connectivity index (χ0n) is 9.18. The summed E-state index contributed by atoms with van der Waals surface area (Å²) >= 11 is 0. The van der Waals surface area contributed by atoms with Crippen molar-refractivity contribution in [1.82, 2.24) is 0 Å². The smallest absolute Gasteiger partial charge is 0.146 e. The van der Waals surface area contributed by atoms with Gasteiger partial charge in [-0.25, -0.2) is 0 Å². The van der Waals surface area contributed by atoms with Crippen molar-refractivity contribution < 1.29 is 4.43 Å². The highest BCUT2D eigenvalue weighted by atomic mass is 28.2. The second-order valence-electron chi connectivity index (χ2n) is 4.77. The maximum atomic E-state index is 5.77. The van der Waals surface area contributed by atoms with Crippen LogP contribution >= 0.6 is 0 Å². The molecule has 0 aromatic rings. The van der Waals surface area contributed by atoms with Crippen molar-refractivity contribution in [3.8, 4) is 12.3 Å². The molecule has 74 valence electrons.